The van der Waals surface area contributed by atoms with E-state index in [1.54, 1.807) is 7.11 Å². The summed E-state index contributed by atoms with van der Waals surface area (Å²) in [6, 6.07) is 8.05. The minimum atomic E-state index is 0.0696. The third kappa shape index (κ3) is 5.36. The van der Waals surface area contributed by atoms with Crippen LogP contribution in [0.15, 0.2) is 29.4 Å². The summed E-state index contributed by atoms with van der Waals surface area (Å²) in [6.07, 6.45) is 5.75. The Bertz CT molecular complexity index is 839. The van der Waals surface area contributed by atoms with Gasteiger partial charge in [0.25, 0.3) is 0 Å². The molecule has 0 saturated heterocycles. The summed E-state index contributed by atoms with van der Waals surface area (Å²) >= 11 is 1.42. The van der Waals surface area contributed by atoms with Gasteiger partial charge in [-0.15, -0.1) is 10.2 Å². The molecule has 0 radical (unpaired) electrons. The lowest BCUT2D eigenvalue weighted by Gasteiger charge is -2.39. The van der Waals surface area contributed by atoms with Crippen molar-refractivity contribution in [2.45, 2.75) is 71.0 Å². The van der Waals surface area contributed by atoms with E-state index >= 15 is 0 Å². The molecule has 1 aliphatic carbocycles. The largest absolute Gasteiger partial charge is 0.497 e. The minimum Gasteiger partial charge on any atom is -0.497 e. The molecule has 7 heteroatoms. The number of carbonyl (C=O) groups excluding carboxylic acids is 1. The molecule has 0 bridgehead atoms. The molecule has 1 aromatic carbocycles. The maximum Gasteiger partial charge on any atom is 0.230 e. The first-order valence-corrected chi connectivity index (χ1v) is 11.8. The highest BCUT2D eigenvalue weighted by molar-refractivity contribution is 7.99. The summed E-state index contributed by atoms with van der Waals surface area (Å²) in [4.78, 5) is 12.6. The molecule has 164 valence electrons. The summed E-state index contributed by atoms with van der Waals surface area (Å²) in [5.41, 5.74) is 1.35. The van der Waals surface area contributed by atoms with E-state index in [2.05, 4.69) is 36.3 Å². The number of methoxy groups -OCH3 is 1. The van der Waals surface area contributed by atoms with Gasteiger partial charge in [0, 0.05) is 11.7 Å². The molecule has 0 atom stereocenters. The monoisotopic (exact) mass is 430 g/mol. The summed E-state index contributed by atoms with van der Waals surface area (Å²) in [7, 11) is 1.65. The van der Waals surface area contributed by atoms with Gasteiger partial charge in [-0.05, 0) is 68.2 Å². The molecule has 0 spiro atoms. The average Bonchev–Trinajstić information content (AvgIpc) is 3.13. The van der Waals surface area contributed by atoms with E-state index < -0.39 is 0 Å². The lowest BCUT2D eigenvalue weighted by Crippen LogP contribution is -2.40. The van der Waals surface area contributed by atoms with Gasteiger partial charge in [-0.1, -0.05) is 39.0 Å². The van der Waals surface area contributed by atoms with Gasteiger partial charge in [0.15, 0.2) is 5.16 Å². The van der Waals surface area contributed by atoms with Crippen LogP contribution in [-0.2, 0) is 4.79 Å². The van der Waals surface area contributed by atoms with E-state index in [4.69, 9.17) is 4.74 Å². The fourth-order valence-corrected chi connectivity index (χ4v) is 4.98. The second kappa shape index (κ2) is 9.86. The highest BCUT2D eigenvalue weighted by atomic mass is 32.2. The van der Waals surface area contributed by atoms with Gasteiger partial charge < -0.3 is 10.1 Å². The lowest BCUT2D eigenvalue weighted by molar-refractivity contribution is -0.119. The van der Waals surface area contributed by atoms with Crippen molar-refractivity contribution in [2.24, 2.45) is 11.3 Å². The first kappa shape index (κ1) is 22.7. The molecule has 1 fully saturated rings. The number of benzene rings is 1. The second-order valence-corrected chi connectivity index (χ2v) is 9.75. The second-order valence-electron chi connectivity index (χ2n) is 8.81. The number of rotatable bonds is 8. The average molecular weight is 431 g/mol. The Labute approximate surface area is 184 Å². The number of aromatic nitrogens is 3. The van der Waals surface area contributed by atoms with Crippen LogP contribution in [0.5, 0.6) is 5.75 Å². The van der Waals surface area contributed by atoms with Crippen LogP contribution in [0.25, 0.3) is 5.69 Å². The maximum absolute atomic E-state index is 12.6. The Morgan fingerprint density at radius 1 is 1.20 bits per heavy atom. The summed E-state index contributed by atoms with van der Waals surface area (Å²) < 4.78 is 7.20. The highest BCUT2D eigenvalue weighted by Crippen LogP contribution is 2.40. The van der Waals surface area contributed by atoms with Crippen LogP contribution in [-0.4, -0.2) is 39.6 Å². The van der Waals surface area contributed by atoms with E-state index in [0.29, 0.717) is 17.2 Å². The van der Waals surface area contributed by atoms with Crippen LogP contribution in [0.3, 0.4) is 0 Å². The fourth-order valence-electron chi connectivity index (χ4n) is 4.17. The quantitative estimate of drug-likeness (QED) is 0.610. The molecule has 1 saturated carbocycles. The van der Waals surface area contributed by atoms with Crippen molar-refractivity contribution in [3.63, 3.8) is 0 Å². The molecule has 1 amide bonds. The van der Waals surface area contributed by atoms with E-state index in [0.717, 1.165) is 41.2 Å². The number of hydrogen-bond acceptors (Lipinski definition) is 5. The van der Waals surface area contributed by atoms with E-state index in [-0.39, 0.29) is 5.91 Å². The Kier molecular flexibility index (Phi) is 7.45. The Hall–Kier alpha value is -2.02. The first-order chi connectivity index (χ1) is 14.3. The van der Waals surface area contributed by atoms with Crippen LogP contribution in [0, 0.1) is 18.3 Å². The Morgan fingerprint density at radius 3 is 2.47 bits per heavy atom. The number of nitrogens with one attached hydrogen (secondary N) is 1. The number of thioether (sulfide) groups is 1. The van der Waals surface area contributed by atoms with Crippen LogP contribution in [0.4, 0.5) is 0 Å². The molecule has 30 heavy (non-hydrogen) atoms. The molecule has 0 aliphatic heterocycles. The molecule has 1 aromatic heterocycles. The molecule has 3 rings (SSSR count). The van der Waals surface area contributed by atoms with Crippen LogP contribution in [0.1, 0.15) is 58.7 Å². The van der Waals surface area contributed by atoms with Gasteiger partial charge in [-0.25, -0.2) is 0 Å². The normalized spacial score (nSPS) is 19.5. The van der Waals surface area contributed by atoms with Crippen LogP contribution >= 0.6 is 11.8 Å². The number of ether oxygens (including phenoxy) is 1. The van der Waals surface area contributed by atoms with Crippen LogP contribution in [0.2, 0.25) is 0 Å². The van der Waals surface area contributed by atoms with Crippen molar-refractivity contribution >= 4 is 17.7 Å². The number of aryl methyl sites for hydroxylation is 1. The SMILES string of the molecule is CCC(C)(C)C1CCC(NC(=O)CSc2nnc(C)n2-c2ccc(OC)cc2)CC1. The summed E-state index contributed by atoms with van der Waals surface area (Å²) in [6.45, 7) is 8.93. The minimum absolute atomic E-state index is 0.0696. The van der Waals surface area contributed by atoms with Crippen molar-refractivity contribution in [3.05, 3.63) is 30.1 Å². The molecule has 1 N–H and O–H groups in total. The maximum atomic E-state index is 12.6. The molecule has 1 aliphatic rings. The van der Waals surface area contributed by atoms with Gasteiger partial charge in [0.2, 0.25) is 5.91 Å². The smallest absolute Gasteiger partial charge is 0.230 e. The summed E-state index contributed by atoms with van der Waals surface area (Å²) in [5, 5.41) is 12.4. The van der Waals surface area contributed by atoms with E-state index in [1.807, 2.05) is 35.8 Å². The van der Waals surface area contributed by atoms with Gasteiger partial charge >= 0.3 is 0 Å². The number of hydrogen-bond donors (Lipinski definition) is 1. The standard InChI is InChI=1S/C23H34N4O2S/c1-6-23(3,4)17-7-9-18(10-8-17)24-21(28)15-30-22-26-25-16(2)27(22)19-11-13-20(29-5)14-12-19/h11-14,17-18H,6-10,15H2,1-5H3,(H,24,28). The van der Waals surface area contributed by atoms with Gasteiger partial charge in [0.1, 0.15) is 11.6 Å². The molecule has 6 nitrogen and oxygen atoms in total. The fraction of sp³-hybridized carbons (Fsp3) is 0.609. The lowest BCUT2D eigenvalue weighted by atomic mass is 9.69. The van der Waals surface area contributed by atoms with Gasteiger partial charge in [-0.2, -0.15) is 0 Å². The Morgan fingerprint density at radius 2 is 1.87 bits per heavy atom. The van der Waals surface area contributed by atoms with E-state index in [1.165, 1.54) is 31.0 Å². The van der Waals surface area contributed by atoms with Gasteiger partial charge in [-0.3, -0.25) is 9.36 Å². The predicted octanol–water partition coefficient (Wildman–Crippen LogP) is 4.79. The number of amides is 1. The topological polar surface area (TPSA) is 69.0 Å². The van der Waals surface area contributed by atoms with Crippen molar-refractivity contribution in [1.29, 1.82) is 0 Å². The highest BCUT2D eigenvalue weighted by Gasteiger charge is 2.32. The van der Waals surface area contributed by atoms with Gasteiger partial charge in [0.05, 0.1) is 12.9 Å². The summed E-state index contributed by atoms with van der Waals surface area (Å²) in [5.74, 6) is 2.76. The van der Waals surface area contributed by atoms with Crippen molar-refractivity contribution in [3.8, 4) is 11.4 Å². The predicted molar refractivity (Wildman–Crippen MR) is 121 cm³/mol. The zero-order valence-electron chi connectivity index (χ0n) is 18.8. The third-order valence-corrected chi connectivity index (χ3v) is 7.50. The number of nitrogens with zero attached hydrogens (tertiary/aromatic N) is 3. The zero-order chi connectivity index (χ0) is 21.7. The number of carbonyl (C=O) groups is 1. The molecular weight excluding hydrogens is 396 g/mol. The molecule has 1 heterocycles. The van der Waals surface area contributed by atoms with Crippen molar-refractivity contribution in [2.75, 3.05) is 12.9 Å². The molecule has 0 unspecified atom stereocenters. The van der Waals surface area contributed by atoms with Crippen LogP contribution < -0.4 is 10.1 Å². The Balaban J connectivity index is 1.53. The van der Waals surface area contributed by atoms with E-state index in [9.17, 15) is 4.79 Å². The van der Waals surface area contributed by atoms with Crippen molar-refractivity contribution < 1.29 is 9.53 Å². The zero-order valence-corrected chi connectivity index (χ0v) is 19.6. The first-order valence-electron chi connectivity index (χ1n) is 10.8. The van der Waals surface area contributed by atoms with Crippen molar-refractivity contribution in [1.82, 2.24) is 20.1 Å². The molecular formula is C23H34N4O2S. The molecule has 2 aromatic rings. The third-order valence-electron chi connectivity index (χ3n) is 6.57.